The van der Waals surface area contributed by atoms with Crippen LogP contribution in [0.25, 0.3) is 33.0 Å². The van der Waals surface area contributed by atoms with Gasteiger partial charge >= 0.3 is 6.03 Å². The molecule has 0 saturated carbocycles. The zero-order valence-electron chi connectivity index (χ0n) is 18.7. The van der Waals surface area contributed by atoms with Gasteiger partial charge in [-0.1, -0.05) is 35.9 Å². The third-order valence-corrected chi connectivity index (χ3v) is 7.37. The number of carbonyl (C=O) groups excluding carboxylic acids is 1. The summed E-state index contributed by atoms with van der Waals surface area (Å²) < 4.78 is 19.7. The van der Waals surface area contributed by atoms with Crippen LogP contribution in [0.5, 0.6) is 0 Å². The van der Waals surface area contributed by atoms with Crippen molar-refractivity contribution in [1.29, 1.82) is 5.26 Å². The number of nitrogens with one attached hydrogen (secondary N) is 2. The lowest BCUT2D eigenvalue weighted by molar-refractivity contribution is 0.123. The third-order valence-electron chi connectivity index (χ3n) is 5.74. The summed E-state index contributed by atoms with van der Waals surface area (Å²) in [7, 11) is 0. The highest BCUT2D eigenvalue weighted by Gasteiger charge is 2.27. The van der Waals surface area contributed by atoms with Crippen molar-refractivity contribution in [2.45, 2.75) is 0 Å². The van der Waals surface area contributed by atoms with Crippen LogP contribution in [-0.4, -0.2) is 47.5 Å². The van der Waals surface area contributed by atoms with Gasteiger partial charge in [-0.15, -0.1) is 11.3 Å². The molecule has 0 atom stereocenters. The SMILES string of the molecule is N#Cc1c(N2CCOCC2)sc(-c2ncn[nH]2)c1-c1ccc(-c2c(NC(N)=O)ccc(F)c2Cl)cc1. The highest BCUT2D eigenvalue weighted by atomic mass is 35.5. The molecular formula is C24H19ClFN7O2S. The number of rotatable bonds is 5. The van der Waals surface area contributed by atoms with Crippen molar-refractivity contribution in [3.05, 3.63) is 59.1 Å². The first kappa shape index (κ1) is 23.7. The summed E-state index contributed by atoms with van der Waals surface area (Å²) in [6.07, 6.45) is 1.42. The molecule has 12 heteroatoms. The van der Waals surface area contributed by atoms with Gasteiger partial charge in [0.1, 0.15) is 23.2 Å². The molecular weight excluding hydrogens is 505 g/mol. The molecule has 1 fully saturated rings. The Hall–Kier alpha value is -3.98. The van der Waals surface area contributed by atoms with Crippen LogP contribution in [0, 0.1) is 17.1 Å². The number of aromatic amines is 1. The molecule has 4 aromatic rings. The number of primary amides is 1. The molecule has 0 unspecified atom stereocenters. The zero-order chi connectivity index (χ0) is 25.2. The van der Waals surface area contributed by atoms with Gasteiger partial charge in [0.15, 0.2) is 5.82 Å². The van der Waals surface area contributed by atoms with Crippen LogP contribution in [-0.2, 0) is 4.74 Å². The van der Waals surface area contributed by atoms with Crippen LogP contribution in [0.15, 0.2) is 42.7 Å². The normalized spacial score (nSPS) is 13.4. The van der Waals surface area contributed by atoms with Crippen molar-refractivity contribution in [2.75, 3.05) is 36.5 Å². The van der Waals surface area contributed by atoms with Gasteiger partial charge in [-0.05, 0) is 23.3 Å². The standard InChI is InChI=1S/C24H19ClFN7O2S/c25-20-16(26)5-6-17(31-24(28)34)19(20)14-3-1-13(2-4-14)18-15(11-27)23(33-7-9-35-10-8-33)36-21(18)22-29-12-30-32-22/h1-6,12H,7-10H2,(H3,28,31,34)(H,29,30,32). The molecule has 1 aliphatic heterocycles. The molecule has 0 radical (unpaired) electrons. The summed E-state index contributed by atoms with van der Waals surface area (Å²) in [6, 6.07) is 11.3. The maximum atomic E-state index is 14.3. The second-order valence-corrected chi connectivity index (χ2v) is 9.26. The Kier molecular flexibility index (Phi) is 6.56. The molecule has 9 nitrogen and oxygen atoms in total. The van der Waals surface area contributed by atoms with E-state index in [1.54, 1.807) is 12.1 Å². The molecule has 0 spiro atoms. The number of H-pyrrole nitrogens is 1. The summed E-state index contributed by atoms with van der Waals surface area (Å²) in [6.45, 7) is 2.52. The minimum atomic E-state index is -0.792. The number of nitriles is 1. The lowest BCUT2D eigenvalue weighted by Crippen LogP contribution is -2.36. The second-order valence-electron chi connectivity index (χ2n) is 7.88. The number of morpholine rings is 1. The number of ether oxygens (including phenoxy) is 1. The van der Waals surface area contributed by atoms with Crippen molar-refractivity contribution in [1.82, 2.24) is 15.2 Å². The lowest BCUT2D eigenvalue weighted by atomic mass is 9.97. The molecule has 0 bridgehead atoms. The Morgan fingerprint density at radius 2 is 1.89 bits per heavy atom. The van der Waals surface area contributed by atoms with E-state index in [1.807, 2.05) is 12.1 Å². The van der Waals surface area contributed by atoms with Gasteiger partial charge in [-0.2, -0.15) is 10.4 Å². The average molecular weight is 524 g/mol. The molecule has 2 amide bonds. The van der Waals surface area contributed by atoms with E-state index in [0.717, 1.165) is 21.5 Å². The van der Waals surface area contributed by atoms with E-state index < -0.39 is 11.8 Å². The van der Waals surface area contributed by atoms with Crippen molar-refractivity contribution < 1.29 is 13.9 Å². The quantitative estimate of drug-likeness (QED) is 0.342. The number of aromatic nitrogens is 3. The fourth-order valence-electron chi connectivity index (χ4n) is 4.14. The highest BCUT2D eigenvalue weighted by molar-refractivity contribution is 7.20. The van der Waals surface area contributed by atoms with Crippen LogP contribution >= 0.6 is 22.9 Å². The Labute approximate surface area is 214 Å². The molecule has 2 aromatic heterocycles. The topological polar surface area (TPSA) is 133 Å². The molecule has 36 heavy (non-hydrogen) atoms. The Morgan fingerprint density at radius 3 is 2.50 bits per heavy atom. The van der Waals surface area contributed by atoms with Crippen molar-refractivity contribution >= 4 is 39.7 Å². The zero-order valence-corrected chi connectivity index (χ0v) is 20.3. The van der Waals surface area contributed by atoms with Crippen LogP contribution in [0.2, 0.25) is 5.02 Å². The minimum absolute atomic E-state index is 0.140. The van der Waals surface area contributed by atoms with Gasteiger partial charge in [0.2, 0.25) is 0 Å². The van der Waals surface area contributed by atoms with E-state index in [9.17, 15) is 14.4 Å². The second kappa shape index (κ2) is 9.94. The molecule has 0 aliphatic carbocycles. The van der Waals surface area contributed by atoms with Gasteiger partial charge in [-0.25, -0.2) is 14.2 Å². The Bertz CT molecular complexity index is 1460. The molecule has 5 rings (SSSR count). The summed E-state index contributed by atoms with van der Waals surface area (Å²) in [4.78, 5) is 18.7. The van der Waals surface area contributed by atoms with Crippen molar-refractivity contribution in [2.24, 2.45) is 5.73 Å². The predicted octanol–water partition coefficient (Wildman–Crippen LogP) is 4.86. The first-order chi connectivity index (χ1) is 17.5. The fourth-order valence-corrected chi connectivity index (χ4v) is 5.69. The van der Waals surface area contributed by atoms with Crippen LogP contribution in [0.1, 0.15) is 5.56 Å². The Balaban J connectivity index is 1.63. The van der Waals surface area contributed by atoms with Crippen LogP contribution in [0.3, 0.4) is 0 Å². The monoisotopic (exact) mass is 523 g/mol. The molecule has 3 heterocycles. The van der Waals surface area contributed by atoms with Crippen molar-refractivity contribution in [3.63, 3.8) is 0 Å². The maximum absolute atomic E-state index is 14.3. The van der Waals surface area contributed by atoms with Gasteiger partial charge in [0.05, 0.1) is 34.4 Å². The smallest absolute Gasteiger partial charge is 0.316 e. The first-order valence-electron chi connectivity index (χ1n) is 10.9. The number of halogens is 2. The number of carbonyl (C=O) groups is 1. The first-order valence-corrected chi connectivity index (χ1v) is 12.1. The number of urea groups is 1. The van der Waals surface area contributed by atoms with Crippen molar-refractivity contribution in [3.8, 4) is 39.0 Å². The van der Waals surface area contributed by atoms with E-state index in [-0.39, 0.29) is 10.7 Å². The van der Waals surface area contributed by atoms with Crippen LogP contribution < -0.4 is 16.0 Å². The molecule has 182 valence electrons. The van der Waals surface area contributed by atoms with Gasteiger partial charge in [0, 0.05) is 24.2 Å². The van der Waals surface area contributed by atoms with Gasteiger partial charge in [-0.3, -0.25) is 5.10 Å². The highest BCUT2D eigenvalue weighted by Crippen LogP contribution is 2.47. The number of thiophene rings is 1. The predicted molar refractivity (Wildman–Crippen MR) is 136 cm³/mol. The summed E-state index contributed by atoms with van der Waals surface area (Å²) in [5, 5.41) is 20.2. The molecule has 1 saturated heterocycles. The third kappa shape index (κ3) is 4.37. The summed E-state index contributed by atoms with van der Waals surface area (Å²) >= 11 is 7.73. The Morgan fingerprint density at radius 1 is 1.19 bits per heavy atom. The van der Waals surface area contributed by atoms with E-state index >= 15 is 0 Å². The molecule has 4 N–H and O–H groups in total. The number of amides is 2. The van der Waals surface area contributed by atoms with E-state index in [2.05, 4.69) is 31.5 Å². The number of hydrogen-bond donors (Lipinski definition) is 3. The van der Waals surface area contributed by atoms with Gasteiger partial charge < -0.3 is 20.7 Å². The largest absolute Gasteiger partial charge is 0.378 e. The number of hydrogen-bond acceptors (Lipinski definition) is 7. The minimum Gasteiger partial charge on any atom is -0.378 e. The molecule has 2 aromatic carbocycles. The number of nitrogens with zero attached hydrogens (tertiary/aromatic N) is 4. The van der Waals surface area contributed by atoms with Crippen LogP contribution in [0.4, 0.5) is 19.9 Å². The van der Waals surface area contributed by atoms with E-state index in [1.165, 1.54) is 23.7 Å². The van der Waals surface area contributed by atoms with Gasteiger partial charge in [0.25, 0.3) is 0 Å². The number of benzene rings is 2. The average Bonchev–Trinajstić information content (AvgIpc) is 3.55. The van der Waals surface area contributed by atoms with E-state index in [0.29, 0.717) is 54.4 Å². The summed E-state index contributed by atoms with van der Waals surface area (Å²) in [5.74, 6) is -0.0747. The summed E-state index contributed by atoms with van der Waals surface area (Å²) in [5.41, 5.74) is 8.43. The fraction of sp³-hybridized carbons (Fsp3) is 0.167. The lowest BCUT2D eigenvalue weighted by Gasteiger charge is -2.27. The van der Waals surface area contributed by atoms with E-state index in [4.69, 9.17) is 22.1 Å². The maximum Gasteiger partial charge on any atom is 0.316 e. The number of nitrogens with two attached hydrogens (primary N) is 1. The molecule has 1 aliphatic rings. The number of anilines is 2.